The van der Waals surface area contributed by atoms with Crippen molar-refractivity contribution in [3.63, 3.8) is 0 Å². The van der Waals surface area contributed by atoms with E-state index in [1.54, 1.807) is 0 Å². The Kier molecular flexibility index (Phi) is 11.0. The van der Waals surface area contributed by atoms with Crippen LogP contribution >= 0.6 is 0 Å². The predicted molar refractivity (Wildman–Crippen MR) is 102 cm³/mol. The SMILES string of the molecule is NCCCCCCCN(CCCN1CCOCC1)C1CCCCC1. The van der Waals surface area contributed by atoms with Crippen LogP contribution in [0.1, 0.15) is 70.6 Å². The van der Waals surface area contributed by atoms with Crippen LogP contribution in [0.15, 0.2) is 0 Å². The van der Waals surface area contributed by atoms with Crippen molar-refractivity contribution in [1.82, 2.24) is 9.80 Å². The van der Waals surface area contributed by atoms with Gasteiger partial charge in [0.05, 0.1) is 13.2 Å². The molecule has 0 atom stereocenters. The van der Waals surface area contributed by atoms with E-state index in [1.165, 1.54) is 90.3 Å². The number of hydrogen-bond donors (Lipinski definition) is 1. The third kappa shape index (κ3) is 8.28. The first-order valence-corrected chi connectivity index (χ1v) is 10.6. The fourth-order valence-electron chi connectivity index (χ4n) is 4.23. The minimum atomic E-state index is 0.857. The van der Waals surface area contributed by atoms with E-state index in [0.29, 0.717) is 0 Å². The number of ether oxygens (including phenoxy) is 1. The summed E-state index contributed by atoms with van der Waals surface area (Å²) < 4.78 is 5.46. The van der Waals surface area contributed by atoms with Crippen molar-refractivity contribution in [3.05, 3.63) is 0 Å². The van der Waals surface area contributed by atoms with Crippen molar-refractivity contribution >= 4 is 0 Å². The van der Waals surface area contributed by atoms with Gasteiger partial charge in [-0.25, -0.2) is 0 Å². The van der Waals surface area contributed by atoms with Gasteiger partial charge in [-0.1, -0.05) is 38.5 Å². The minimum Gasteiger partial charge on any atom is -0.379 e. The molecule has 0 amide bonds. The van der Waals surface area contributed by atoms with Gasteiger partial charge >= 0.3 is 0 Å². The predicted octanol–water partition coefficient (Wildman–Crippen LogP) is 3.25. The Morgan fingerprint density at radius 2 is 1.50 bits per heavy atom. The van der Waals surface area contributed by atoms with Crippen LogP contribution in [-0.2, 0) is 4.74 Å². The van der Waals surface area contributed by atoms with Gasteiger partial charge in [0.2, 0.25) is 0 Å². The first kappa shape index (κ1) is 20.2. The lowest BCUT2D eigenvalue weighted by Crippen LogP contribution is -2.41. The van der Waals surface area contributed by atoms with Crippen LogP contribution in [0.25, 0.3) is 0 Å². The third-order valence-corrected chi connectivity index (χ3v) is 5.76. The Balaban J connectivity index is 1.64. The zero-order valence-corrected chi connectivity index (χ0v) is 15.9. The van der Waals surface area contributed by atoms with Gasteiger partial charge in [0.15, 0.2) is 0 Å². The van der Waals surface area contributed by atoms with Crippen molar-refractivity contribution in [2.24, 2.45) is 5.73 Å². The monoisotopic (exact) mass is 339 g/mol. The average Bonchev–Trinajstić information content (AvgIpc) is 2.64. The summed E-state index contributed by atoms with van der Waals surface area (Å²) in [5.74, 6) is 0. The lowest BCUT2D eigenvalue weighted by molar-refractivity contribution is 0.0348. The highest BCUT2D eigenvalue weighted by Gasteiger charge is 2.20. The molecule has 0 radical (unpaired) electrons. The number of nitrogens with zero attached hydrogens (tertiary/aromatic N) is 2. The van der Waals surface area contributed by atoms with E-state index >= 15 is 0 Å². The second-order valence-corrected chi connectivity index (χ2v) is 7.69. The van der Waals surface area contributed by atoms with Crippen LogP contribution < -0.4 is 5.73 Å². The summed E-state index contributed by atoms with van der Waals surface area (Å²) in [6.07, 6.45) is 15.2. The zero-order valence-electron chi connectivity index (χ0n) is 15.9. The average molecular weight is 340 g/mol. The van der Waals surface area contributed by atoms with Gasteiger partial charge in [-0.2, -0.15) is 0 Å². The van der Waals surface area contributed by atoms with Gasteiger partial charge in [0.25, 0.3) is 0 Å². The summed E-state index contributed by atoms with van der Waals surface area (Å²) in [6, 6.07) is 0.868. The van der Waals surface area contributed by atoms with E-state index in [0.717, 1.165) is 38.9 Å². The molecule has 4 heteroatoms. The van der Waals surface area contributed by atoms with Crippen molar-refractivity contribution in [3.8, 4) is 0 Å². The van der Waals surface area contributed by atoms with Gasteiger partial charge < -0.3 is 15.4 Å². The third-order valence-electron chi connectivity index (χ3n) is 5.76. The summed E-state index contributed by atoms with van der Waals surface area (Å²) in [7, 11) is 0. The topological polar surface area (TPSA) is 41.7 Å². The number of nitrogens with two attached hydrogens (primary N) is 1. The lowest BCUT2D eigenvalue weighted by atomic mass is 9.93. The van der Waals surface area contributed by atoms with Crippen LogP contribution in [0.3, 0.4) is 0 Å². The molecule has 0 spiro atoms. The molecule has 0 bridgehead atoms. The Labute approximate surface area is 150 Å². The fraction of sp³-hybridized carbons (Fsp3) is 1.00. The van der Waals surface area contributed by atoms with Gasteiger partial charge in [-0.3, -0.25) is 4.90 Å². The fourth-order valence-corrected chi connectivity index (χ4v) is 4.23. The molecule has 2 aliphatic rings. The quantitative estimate of drug-likeness (QED) is 0.554. The molecule has 0 aromatic heterocycles. The minimum absolute atomic E-state index is 0.857. The first-order valence-electron chi connectivity index (χ1n) is 10.6. The van der Waals surface area contributed by atoms with E-state index in [2.05, 4.69) is 9.80 Å². The molecule has 1 aliphatic carbocycles. The molecule has 0 unspecified atom stereocenters. The van der Waals surface area contributed by atoms with Crippen molar-refractivity contribution in [2.75, 3.05) is 52.5 Å². The van der Waals surface area contributed by atoms with Gasteiger partial charge in [-0.15, -0.1) is 0 Å². The van der Waals surface area contributed by atoms with Crippen LogP contribution in [0, 0.1) is 0 Å². The number of hydrogen-bond acceptors (Lipinski definition) is 4. The number of morpholine rings is 1. The summed E-state index contributed by atoms with van der Waals surface area (Å²) in [6.45, 7) is 8.83. The first-order chi connectivity index (χ1) is 11.9. The standard InChI is InChI=1S/C20H41N3O/c21-12-7-2-1-3-8-14-23(20-10-5-4-6-11-20)15-9-13-22-16-18-24-19-17-22/h20H,1-19,21H2. The van der Waals surface area contributed by atoms with Gasteiger partial charge in [-0.05, 0) is 58.3 Å². The summed E-state index contributed by atoms with van der Waals surface area (Å²) >= 11 is 0. The van der Waals surface area contributed by atoms with Crippen molar-refractivity contribution in [2.45, 2.75) is 76.7 Å². The van der Waals surface area contributed by atoms with Crippen molar-refractivity contribution < 1.29 is 4.74 Å². The second kappa shape index (κ2) is 13.1. The highest BCUT2D eigenvalue weighted by Crippen LogP contribution is 2.23. The molecule has 4 nitrogen and oxygen atoms in total. The molecule has 0 aromatic rings. The largest absolute Gasteiger partial charge is 0.379 e. The molecule has 1 aliphatic heterocycles. The number of rotatable bonds is 12. The van der Waals surface area contributed by atoms with Crippen LogP contribution in [0.5, 0.6) is 0 Å². The molecular formula is C20H41N3O. The van der Waals surface area contributed by atoms with E-state index in [-0.39, 0.29) is 0 Å². The molecular weight excluding hydrogens is 298 g/mol. The van der Waals surface area contributed by atoms with Crippen LogP contribution in [0.4, 0.5) is 0 Å². The molecule has 2 N–H and O–H groups in total. The van der Waals surface area contributed by atoms with E-state index in [9.17, 15) is 0 Å². The Bertz CT molecular complexity index is 289. The molecule has 2 fully saturated rings. The van der Waals surface area contributed by atoms with Crippen molar-refractivity contribution in [1.29, 1.82) is 0 Å². The molecule has 1 heterocycles. The Hall–Kier alpha value is -0.160. The maximum atomic E-state index is 5.59. The number of unbranched alkanes of at least 4 members (excludes halogenated alkanes) is 4. The van der Waals surface area contributed by atoms with Gasteiger partial charge in [0, 0.05) is 19.1 Å². The van der Waals surface area contributed by atoms with Gasteiger partial charge in [0.1, 0.15) is 0 Å². The van der Waals surface area contributed by atoms with E-state index in [4.69, 9.17) is 10.5 Å². The van der Waals surface area contributed by atoms with Crippen LogP contribution in [0.2, 0.25) is 0 Å². The summed E-state index contributed by atoms with van der Waals surface area (Å²) in [4.78, 5) is 5.41. The smallest absolute Gasteiger partial charge is 0.0594 e. The molecule has 24 heavy (non-hydrogen) atoms. The lowest BCUT2D eigenvalue weighted by Gasteiger charge is -2.35. The summed E-state index contributed by atoms with van der Waals surface area (Å²) in [5.41, 5.74) is 5.59. The molecule has 1 saturated carbocycles. The second-order valence-electron chi connectivity index (χ2n) is 7.69. The molecule has 2 rings (SSSR count). The zero-order chi connectivity index (χ0) is 16.9. The van der Waals surface area contributed by atoms with E-state index < -0.39 is 0 Å². The molecule has 1 saturated heterocycles. The Morgan fingerprint density at radius 1 is 0.833 bits per heavy atom. The summed E-state index contributed by atoms with van der Waals surface area (Å²) in [5, 5.41) is 0. The Morgan fingerprint density at radius 3 is 2.25 bits per heavy atom. The normalized spacial score (nSPS) is 20.8. The van der Waals surface area contributed by atoms with E-state index in [1.807, 2.05) is 0 Å². The highest BCUT2D eigenvalue weighted by molar-refractivity contribution is 4.76. The maximum absolute atomic E-state index is 5.59. The highest BCUT2D eigenvalue weighted by atomic mass is 16.5. The molecule has 142 valence electrons. The van der Waals surface area contributed by atoms with Crippen LogP contribution in [-0.4, -0.2) is 68.3 Å². The molecule has 0 aromatic carbocycles. The maximum Gasteiger partial charge on any atom is 0.0594 e.